The van der Waals surface area contributed by atoms with E-state index < -0.39 is 5.91 Å². The fraction of sp³-hybridized carbons (Fsp3) is 0.348. The highest BCUT2D eigenvalue weighted by molar-refractivity contribution is 6.06. The zero-order chi connectivity index (χ0) is 20.1. The molecular formula is C23H25ClN4O2. The molecular weight excluding hydrogens is 400 g/mol. The van der Waals surface area contributed by atoms with E-state index in [-0.39, 0.29) is 23.4 Å². The molecule has 0 atom stereocenters. The van der Waals surface area contributed by atoms with Gasteiger partial charge >= 0.3 is 0 Å². The molecule has 0 saturated carbocycles. The van der Waals surface area contributed by atoms with Crippen LogP contribution in [0.1, 0.15) is 47.2 Å². The Hall–Kier alpha value is -2.86. The van der Waals surface area contributed by atoms with Crippen LogP contribution < -0.4 is 15.6 Å². The Morgan fingerprint density at radius 1 is 1.13 bits per heavy atom. The van der Waals surface area contributed by atoms with Crippen molar-refractivity contribution in [3.63, 3.8) is 0 Å². The van der Waals surface area contributed by atoms with Crippen molar-refractivity contribution in [2.75, 3.05) is 10.2 Å². The number of aromatic amines is 1. The van der Waals surface area contributed by atoms with Crippen LogP contribution in [-0.2, 0) is 0 Å². The molecule has 156 valence electrons. The molecule has 2 aliphatic rings. The van der Waals surface area contributed by atoms with Crippen molar-refractivity contribution >= 4 is 40.7 Å². The predicted molar refractivity (Wildman–Crippen MR) is 122 cm³/mol. The lowest BCUT2D eigenvalue weighted by Crippen LogP contribution is -2.29. The van der Waals surface area contributed by atoms with Gasteiger partial charge in [-0.3, -0.25) is 9.59 Å². The number of carbonyl (C=O) groups is 1. The number of hydrogen-bond acceptors (Lipinski definition) is 4. The summed E-state index contributed by atoms with van der Waals surface area (Å²) in [5.74, 6) is 0.569. The summed E-state index contributed by atoms with van der Waals surface area (Å²) in [6.45, 7) is 3.84. The number of aromatic nitrogens is 2. The van der Waals surface area contributed by atoms with Crippen molar-refractivity contribution in [1.82, 2.24) is 9.97 Å². The molecule has 4 heterocycles. The third-order valence-corrected chi connectivity index (χ3v) is 6.42. The summed E-state index contributed by atoms with van der Waals surface area (Å²) < 4.78 is 0. The molecule has 0 unspecified atom stereocenters. The minimum Gasteiger partial charge on any atom is -0.360 e. The molecule has 2 aromatic heterocycles. The number of H-pyrrole nitrogens is 1. The number of nitrogens with zero attached hydrogens (tertiary/aromatic N) is 2. The molecule has 30 heavy (non-hydrogen) atoms. The lowest BCUT2D eigenvalue weighted by Gasteiger charge is -2.24. The summed E-state index contributed by atoms with van der Waals surface area (Å²) in [6, 6.07) is 8.84. The molecule has 2 bridgehead atoms. The van der Waals surface area contributed by atoms with Gasteiger partial charge in [0, 0.05) is 29.2 Å². The first-order valence-electron chi connectivity index (χ1n) is 10.2. The van der Waals surface area contributed by atoms with Gasteiger partial charge in [-0.25, -0.2) is 4.98 Å². The average Bonchev–Trinajstić information content (AvgIpc) is 3.30. The maximum atomic E-state index is 12.9. The third kappa shape index (κ3) is 3.25. The van der Waals surface area contributed by atoms with Crippen LogP contribution in [0, 0.1) is 13.8 Å². The number of halogens is 1. The Balaban J connectivity index is 0.00000218. The van der Waals surface area contributed by atoms with E-state index in [4.69, 9.17) is 0 Å². The quantitative estimate of drug-likeness (QED) is 0.655. The highest BCUT2D eigenvalue weighted by atomic mass is 35.5. The summed E-state index contributed by atoms with van der Waals surface area (Å²) in [5, 5.41) is 3.42. The van der Waals surface area contributed by atoms with E-state index in [9.17, 15) is 9.59 Å². The number of amides is 1. The van der Waals surface area contributed by atoms with Gasteiger partial charge in [0.1, 0.15) is 11.4 Å². The van der Waals surface area contributed by atoms with Crippen LogP contribution in [0.5, 0.6) is 0 Å². The number of fused-ring (bicyclic) bond motifs is 3. The smallest absolute Gasteiger partial charge is 0.261 e. The lowest BCUT2D eigenvalue weighted by atomic mass is 10.0. The van der Waals surface area contributed by atoms with Crippen LogP contribution in [0.25, 0.3) is 10.9 Å². The van der Waals surface area contributed by atoms with Crippen molar-refractivity contribution in [3.8, 4) is 0 Å². The van der Waals surface area contributed by atoms with Gasteiger partial charge in [0.05, 0.1) is 11.9 Å². The average molecular weight is 425 g/mol. The van der Waals surface area contributed by atoms with Crippen LogP contribution in [0.4, 0.5) is 11.5 Å². The number of rotatable bonds is 3. The molecule has 1 aromatic carbocycles. The Morgan fingerprint density at radius 2 is 1.83 bits per heavy atom. The van der Waals surface area contributed by atoms with Gasteiger partial charge in [-0.2, -0.15) is 0 Å². The van der Waals surface area contributed by atoms with Crippen molar-refractivity contribution in [3.05, 3.63) is 63.6 Å². The van der Waals surface area contributed by atoms with Crippen molar-refractivity contribution in [1.29, 1.82) is 0 Å². The number of carbonyl (C=O) groups excluding carboxylic acids is 1. The van der Waals surface area contributed by atoms with E-state index in [1.165, 1.54) is 31.9 Å². The third-order valence-electron chi connectivity index (χ3n) is 6.42. The summed E-state index contributed by atoms with van der Waals surface area (Å²) in [5.41, 5.74) is 3.01. The zero-order valence-electron chi connectivity index (χ0n) is 17.1. The second kappa shape index (κ2) is 7.76. The minimum atomic E-state index is -0.421. The number of hydrogen-bond donors (Lipinski definition) is 2. The molecule has 3 aromatic rings. The molecule has 7 heteroatoms. The standard InChI is InChI=1S/C23H24N4O2.ClH/c1-13-4-3-5-18-21(13)22(28)17(11-24-18)23(29)26-19-12-25-20(10-14(19)2)27-15-6-7-16(27)9-8-15;/h3-5,10-12,15-16H,6-9H2,1-2H3,(H,24,28)(H,26,29);1H. The number of benzene rings is 1. The lowest BCUT2D eigenvalue weighted by molar-refractivity contribution is 0.102. The molecule has 1 amide bonds. The maximum Gasteiger partial charge on any atom is 0.261 e. The second-order valence-electron chi connectivity index (χ2n) is 8.21. The highest BCUT2D eigenvalue weighted by Gasteiger charge is 2.40. The fourth-order valence-corrected chi connectivity index (χ4v) is 4.90. The zero-order valence-corrected chi connectivity index (χ0v) is 17.9. The van der Waals surface area contributed by atoms with Crippen molar-refractivity contribution < 1.29 is 4.79 Å². The Kier molecular flexibility index (Phi) is 5.28. The van der Waals surface area contributed by atoms with Gasteiger partial charge in [-0.1, -0.05) is 12.1 Å². The van der Waals surface area contributed by atoms with Gasteiger partial charge in [0.2, 0.25) is 5.43 Å². The highest BCUT2D eigenvalue weighted by Crippen LogP contribution is 2.40. The number of nitrogens with one attached hydrogen (secondary N) is 2. The summed E-state index contributed by atoms with van der Waals surface area (Å²) >= 11 is 0. The normalized spacial score (nSPS) is 19.7. The SMILES string of the molecule is Cc1cc(N2C3CCC2CC3)ncc1NC(=O)c1c[nH]c2cccc(C)c2c1=O.Cl. The number of anilines is 2. The van der Waals surface area contributed by atoms with Gasteiger partial charge in [-0.05, 0) is 62.8 Å². The fourth-order valence-electron chi connectivity index (χ4n) is 4.90. The first-order valence-corrected chi connectivity index (χ1v) is 10.2. The first-order chi connectivity index (χ1) is 14.0. The molecule has 0 spiro atoms. The largest absolute Gasteiger partial charge is 0.360 e. The summed E-state index contributed by atoms with van der Waals surface area (Å²) in [7, 11) is 0. The van der Waals surface area contributed by atoms with E-state index in [0.717, 1.165) is 22.5 Å². The molecule has 2 aliphatic heterocycles. The molecule has 5 rings (SSSR count). The van der Waals surface area contributed by atoms with Crippen molar-refractivity contribution in [2.24, 2.45) is 0 Å². The van der Waals surface area contributed by atoms with E-state index >= 15 is 0 Å². The first kappa shape index (κ1) is 20.4. The number of aryl methyl sites for hydroxylation is 2. The maximum absolute atomic E-state index is 12.9. The Bertz CT molecular complexity index is 1170. The van der Waals surface area contributed by atoms with E-state index in [2.05, 4.69) is 20.2 Å². The molecule has 6 nitrogen and oxygen atoms in total. The van der Waals surface area contributed by atoms with Crippen LogP contribution in [0.2, 0.25) is 0 Å². The van der Waals surface area contributed by atoms with Crippen LogP contribution >= 0.6 is 12.4 Å². The molecule has 0 radical (unpaired) electrons. The second-order valence-corrected chi connectivity index (χ2v) is 8.21. The van der Waals surface area contributed by atoms with Crippen LogP contribution in [0.15, 0.2) is 41.5 Å². The molecule has 2 N–H and O–H groups in total. The summed E-state index contributed by atoms with van der Waals surface area (Å²) in [4.78, 5) is 35.8. The summed E-state index contributed by atoms with van der Waals surface area (Å²) in [6.07, 6.45) is 8.17. The van der Waals surface area contributed by atoms with Crippen LogP contribution in [-0.4, -0.2) is 28.0 Å². The molecule has 2 saturated heterocycles. The van der Waals surface area contributed by atoms with E-state index in [1.54, 1.807) is 6.20 Å². The van der Waals surface area contributed by atoms with Gasteiger partial charge in [0.15, 0.2) is 0 Å². The molecule has 0 aliphatic carbocycles. The van der Waals surface area contributed by atoms with E-state index in [0.29, 0.717) is 23.2 Å². The minimum absolute atomic E-state index is 0. The topological polar surface area (TPSA) is 78.1 Å². The monoisotopic (exact) mass is 424 g/mol. The van der Waals surface area contributed by atoms with Crippen molar-refractivity contribution in [2.45, 2.75) is 51.6 Å². The van der Waals surface area contributed by atoms with Gasteiger partial charge in [-0.15, -0.1) is 12.4 Å². The van der Waals surface area contributed by atoms with Crippen LogP contribution in [0.3, 0.4) is 0 Å². The molecule has 2 fully saturated rings. The Morgan fingerprint density at radius 3 is 2.50 bits per heavy atom. The van der Waals surface area contributed by atoms with Gasteiger partial charge in [0.25, 0.3) is 5.91 Å². The van der Waals surface area contributed by atoms with Gasteiger partial charge < -0.3 is 15.2 Å². The van der Waals surface area contributed by atoms with E-state index in [1.807, 2.05) is 38.1 Å². The Labute approximate surface area is 181 Å². The predicted octanol–water partition coefficient (Wildman–Crippen LogP) is 4.35. The number of pyridine rings is 2.